The quantitative estimate of drug-likeness (QED) is 0.803. The molecule has 0 fully saturated rings. The number of aromatic nitrogens is 1. The van der Waals surface area contributed by atoms with Crippen LogP contribution >= 0.6 is 0 Å². The molecule has 3 N–H and O–H groups in total. The molecule has 1 aromatic carbocycles. The largest absolute Gasteiger partial charge is 0.351 e. The number of hydrogen-bond acceptors (Lipinski definition) is 3. The summed E-state index contributed by atoms with van der Waals surface area (Å²) in [6.07, 6.45) is 1.45. The molecule has 0 spiro atoms. The van der Waals surface area contributed by atoms with E-state index in [1.807, 2.05) is 6.07 Å². The fourth-order valence-corrected chi connectivity index (χ4v) is 1.52. The van der Waals surface area contributed by atoms with Crippen LogP contribution < -0.4 is 11.1 Å². The van der Waals surface area contributed by atoms with Gasteiger partial charge in [0.1, 0.15) is 5.82 Å². The van der Waals surface area contributed by atoms with Gasteiger partial charge in [-0.25, -0.2) is 9.78 Å². The first-order chi connectivity index (χ1) is 8.66. The van der Waals surface area contributed by atoms with Crippen molar-refractivity contribution in [2.45, 2.75) is 0 Å². The average Bonchev–Trinajstić information content (AvgIpc) is 2.38. The Morgan fingerprint density at radius 1 is 1.06 bits per heavy atom. The second-order valence-corrected chi connectivity index (χ2v) is 3.61. The van der Waals surface area contributed by atoms with Gasteiger partial charge in [-0.3, -0.25) is 10.1 Å². The van der Waals surface area contributed by atoms with Crippen LogP contribution in [0, 0.1) is 0 Å². The van der Waals surface area contributed by atoms with Crippen LogP contribution in [0.3, 0.4) is 0 Å². The van der Waals surface area contributed by atoms with Crippen LogP contribution in [0.5, 0.6) is 0 Å². The second-order valence-electron chi connectivity index (χ2n) is 3.61. The van der Waals surface area contributed by atoms with E-state index in [0.717, 1.165) is 0 Å². The number of nitrogens with zero attached hydrogens (tertiary/aromatic N) is 1. The smallest absolute Gasteiger partial charge is 0.317 e. The first-order valence-corrected chi connectivity index (χ1v) is 5.29. The van der Waals surface area contributed by atoms with Gasteiger partial charge in [-0.2, -0.15) is 0 Å². The van der Waals surface area contributed by atoms with Crippen molar-refractivity contribution in [1.82, 2.24) is 4.98 Å². The zero-order valence-corrected chi connectivity index (χ0v) is 9.46. The maximum Gasteiger partial charge on any atom is 0.317 e. The topological polar surface area (TPSA) is 85.1 Å². The number of pyridine rings is 1. The summed E-state index contributed by atoms with van der Waals surface area (Å²) in [4.78, 5) is 26.7. The number of nitrogens with one attached hydrogen (secondary N) is 1. The van der Waals surface area contributed by atoms with E-state index >= 15 is 0 Å². The van der Waals surface area contributed by atoms with Gasteiger partial charge in [0.2, 0.25) is 0 Å². The highest BCUT2D eigenvalue weighted by molar-refractivity contribution is 6.09. The molecule has 0 atom stereocenters. The lowest BCUT2D eigenvalue weighted by Crippen LogP contribution is -2.20. The molecule has 5 heteroatoms. The van der Waals surface area contributed by atoms with Crippen molar-refractivity contribution < 1.29 is 9.59 Å². The normalized spacial score (nSPS) is 9.78. The molecule has 0 unspecified atom stereocenters. The van der Waals surface area contributed by atoms with E-state index in [2.05, 4.69) is 10.3 Å². The monoisotopic (exact) mass is 241 g/mol. The third kappa shape index (κ3) is 2.70. The first kappa shape index (κ1) is 11.8. The predicted octanol–water partition coefficient (Wildman–Crippen LogP) is 1.80. The summed E-state index contributed by atoms with van der Waals surface area (Å²) in [6.45, 7) is 0. The van der Waals surface area contributed by atoms with Crippen molar-refractivity contribution >= 4 is 17.6 Å². The zero-order valence-electron chi connectivity index (χ0n) is 9.46. The van der Waals surface area contributed by atoms with E-state index in [9.17, 15) is 9.59 Å². The number of benzene rings is 1. The summed E-state index contributed by atoms with van der Waals surface area (Å²) >= 11 is 0. The van der Waals surface area contributed by atoms with E-state index in [4.69, 9.17) is 5.73 Å². The molecule has 18 heavy (non-hydrogen) atoms. The number of anilines is 1. The van der Waals surface area contributed by atoms with Gasteiger partial charge in [-0.1, -0.05) is 30.3 Å². The van der Waals surface area contributed by atoms with E-state index in [-0.39, 0.29) is 11.6 Å². The van der Waals surface area contributed by atoms with E-state index in [0.29, 0.717) is 11.1 Å². The number of primary amides is 1. The molecule has 0 aliphatic rings. The summed E-state index contributed by atoms with van der Waals surface area (Å²) in [5, 5.41) is 2.33. The molecular weight excluding hydrogens is 230 g/mol. The average molecular weight is 241 g/mol. The Kier molecular flexibility index (Phi) is 3.33. The van der Waals surface area contributed by atoms with Crippen LogP contribution in [-0.2, 0) is 0 Å². The molecule has 90 valence electrons. The number of rotatable bonds is 3. The summed E-state index contributed by atoms with van der Waals surface area (Å²) in [5.41, 5.74) is 6.01. The minimum atomic E-state index is -0.716. The molecule has 2 amide bonds. The standard InChI is InChI=1S/C13H11N3O2/c14-13(18)16-11-8-10(6-7-15-11)12(17)9-4-2-1-3-5-9/h1-8H,(H3,14,15,16,18). The number of urea groups is 1. The molecule has 0 aliphatic carbocycles. The Balaban J connectivity index is 2.29. The second kappa shape index (κ2) is 5.09. The lowest BCUT2D eigenvalue weighted by Gasteiger charge is -2.04. The maximum atomic E-state index is 12.1. The predicted molar refractivity (Wildman–Crippen MR) is 67.3 cm³/mol. The molecule has 1 heterocycles. The van der Waals surface area contributed by atoms with Gasteiger partial charge in [0.25, 0.3) is 0 Å². The number of nitrogens with two attached hydrogens (primary N) is 1. The molecule has 1 aromatic heterocycles. The number of amides is 2. The SMILES string of the molecule is NC(=O)Nc1cc(C(=O)c2ccccc2)ccn1. The highest BCUT2D eigenvalue weighted by atomic mass is 16.2. The van der Waals surface area contributed by atoms with E-state index in [1.165, 1.54) is 12.3 Å². The van der Waals surface area contributed by atoms with E-state index in [1.54, 1.807) is 30.3 Å². The molecule has 0 radical (unpaired) electrons. The third-order valence-electron chi connectivity index (χ3n) is 2.31. The number of hydrogen-bond donors (Lipinski definition) is 2. The molecule has 0 aliphatic heterocycles. The van der Waals surface area contributed by atoms with E-state index < -0.39 is 6.03 Å². The van der Waals surface area contributed by atoms with Gasteiger partial charge in [-0.05, 0) is 12.1 Å². The Labute approximate surface area is 104 Å². The van der Waals surface area contributed by atoms with Crippen LogP contribution in [0.25, 0.3) is 0 Å². The lowest BCUT2D eigenvalue weighted by atomic mass is 10.0. The number of carbonyl (C=O) groups excluding carboxylic acids is 2. The van der Waals surface area contributed by atoms with Crippen LogP contribution in [-0.4, -0.2) is 16.8 Å². The van der Waals surface area contributed by atoms with Gasteiger partial charge in [0, 0.05) is 17.3 Å². The molecule has 5 nitrogen and oxygen atoms in total. The van der Waals surface area contributed by atoms with Crippen molar-refractivity contribution in [2.75, 3.05) is 5.32 Å². The summed E-state index contributed by atoms with van der Waals surface area (Å²) in [6, 6.07) is 11.2. The summed E-state index contributed by atoms with van der Waals surface area (Å²) < 4.78 is 0. The number of carbonyl (C=O) groups is 2. The molecule has 0 saturated carbocycles. The van der Waals surface area contributed by atoms with Gasteiger partial charge in [-0.15, -0.1) is 0 Å². The minimum Gasteiger partial charge on any atom is -0.351 e. The molecule has 2 aromatic rings. The number of ketones is 1. The van der Waals surface area contributed by atoms with Crippen molar-refractivity contribution in [2.24, 2.45) is 5.73 Å². The lowest BCUT2D eigenvalue weighted by molar-refractivity contribution is 0.103. The van der Waals surface area contributed by atoms with Crippen LogP contribution in [0.1, 0.15) is 15.9 Å². The van der Waals surface area contributed by atoms with Crippen LogP contribution in [0.15, 0.2) is 48.7 Å². The van der Waals surface area contributed by atoms with Crippen molar-refractivity contribution in [3.63, 3.8) is 0 Å². The van der Waals surface area contributed by atoms with Crippen molar-refractivity contribution in [3.05, 3.63) is 59.8 Å². The first-order valence-electron chi connectivity index (χ1n) is 5.29. The maximum absolute atomic E-state index is 12.1. The molecule has 2 rings (SSSR count). The molecular formula is C13H11N3O2. The highest BCUT2D eigenvalue weighted by Gasteiger charge is 2.09. The Morgan fingerprint density at radius 3 is 2.44 bits per heavy atom. The third-order valence-corrected chi connectivity index (χ3v) is 2.31. The molecule has 0 saturated heterocycles. The van der Waals surface area contributed by atoms with Gasteiger partial charge in [0.05, 0.1) is 0 Å². The summed E-state index contributed by atoms with van der Waals surface area (Å²) in [7, 11) is 0. The Bertz CT molecular complexity index is 582. The van der Waals surface area contributed by atoms with Gasteiger partial charge < -0.3 is 5.73 Å². The zero-order chi connectivity index (χ0) is 13.0. The van der Waals surface area contributed by atoms with Gasteiger partial charge in [0.15, 0.2) is 5.78 Å². The summed E-state index contributed by atoms with van der Waals surface area (Å²) in [5.74, 6) is 0.120. The Morgan fingerprint density at radius 2 is 1.78 bits per heavy atom. The van der Waals surface area contributed by atoms with Crippen molar-refractivity contribution in [1.29, 1.82) is 0 Å². The fraction of sp³-hybridized carbons (Fsp3) is 0. The Hall–Kier alpha value is -2.69. The van der Waals surface area contributed by atoms with Crippen molar-refractivity contribution in [3.8, 4) is 0 Å². The minimum absolute atomic E-state index is 0.134. The van der Waals surface area contributed by atoms with Crippen LogP contribution in [0.4, 0.5) is 10.6 Å². The van der Waals surface area contributed by atoms with Crippen LogP contribution in [0.2, 0.25) is 0 Å². The van der Waals surface area contributed by atoms with Gasteiger partial charge >= 0.3 is 6.03 Å². The highest BCUT2D eigenvalue weighted by Crippen LogP contribution is 2.12. The fourth-order valence-electron chi connectivity index (χ4n) is 1.52. The molecule has 0 bridgehead atoms.